The molecule has 1 aliphatic heterocycles. The predicted molar refractivity (Wildman–Crippen MR) is 44.4 cm³/mol. The van der Waals surface area contributed by atoms with Crippen molar-refractivity contribution in [2.24, 2.45) is 0 Å². The van der Waals surface area contributed by atoms with E-state index in [1.54, 1.807) is 23.5 Å². The van der Waals surface area contributed by atoms with Crippen LogP contribution < -0.4 is 0 Å². The third-order valence-corrected chi connectivity index (χ3v) is 1.84. The Kier molecular flexibility index (Phi) is 1.52. The summed E-state index contributed by atoms with van der Waals surface area (Å²) in [4.78, 5) is 5.57. The van der Waals surface area contributed by atoms with E-state index in [-0.39, 0.29) is 0 Å². The van der Waals surface area contributed by atoms with Crippen molar-refractivity contribution < 1.29 is 0 Å². The van der Waals surface area contributed by atoms with E-state index < -0.39 is 0 Å². The molecule has 58 valence electrons. The molecule has 12 heavy (non-hydrogen) atoms. The van der Waals surface area contributed by atoms with Gasteiger partial charge < -0.3 is 0 Å². The van der Waals surface area contributed by atoms with Gasteiger partial charge in [-0.25, -0.2) is 0 Å². The molecule has 0 aromatic carbocycles. The summed E-state index contributed by atoms with van der Waals surface area (Å²) in [6, 6.07) is 1.94. The average Bonchev–Trinajstić information content (AvgIpc) is 2.17. The maximum atomic E-state index is 8.62. The van der Waals surface area contributed by atoms with E-state index in [1.807, 2.05) is 12.1 Å². The van der Waals surface area contributed by atoms with Crippen molar-refractivity contribution in [2.75, 3.05) is 0 Å². The van der Waals surface area contributed by atoms with Gasteiger partial charge in [-0.2, -0.15) is 5.26 Å². The lowest BCUT2D eigenvalue weighted by atomic mass is 10.1. The molecule has 0 saturated heterocycles. The first-order chi connectivity index (χ1) is 5.90. The maximum absolute atomic E-state index is 8.62. The summed E-state index contributed by atoms with van der Waals surface area (Å²) >= 11 is 0. The van der Waals surface area contributed by atoms with E-state index in [0.717, 1.165) is 11.1 Å². The summed E-state index contributed by atoms with van der Waals surface area (Å²) in [6.45, 7) is 0.635. The van der Waals surface area contributed by atoms with Crippen LogP contribution in [0.15, 0.2) is 24.7 Å². The molecule has 0 fully saturated rings. The highest BCUT2D eigenvalue weighted by atomic mass is 15.1. The van der Waals surface area contributed by atoms with Crippen LogP contribution in [0.5, 0.6) is 0 Å². The van der Waals surface area contributed by atoms with E-state index in [4.69, 9.17) is 5.26 Å². The molecule has 0 unspecified atom stereocenters. The normalized spacial score (nSPS) is 13.8. The summed E-state index contributed by atoms with van der Waals surface area (Å²) in [6.07, 6.45) is 9.31. The number of nitriles is 1. The number of fused-ring (bicyclic) bond motifs is 1. The monoisotopic (exact) mass is 157 g/mol. The quantitative estimate of drug-likeness (QED) is 0.533. The SMILES string of the molecule is N#CN1C=Cc2ccncc2C1. The first-order valence-electron chi connectivity index (χ1n) is 3.67. The van der Waals surface area contributed by atoms with Gasteiger partial charge in [-0.1, -0.05) is 0 Å². The molecule has 2 rings (SSSR count). The van der Waals surface area contributed by atoms with Gasteiger partial charge in [0.15, 0.2) is 6.19 Å². The molecular formula is C9H7N3. The lowest BCUT2D eigenvalue weighted by Crippen LogP contribution is -2.13. The minimum Gasteiger partial charge on any atom is -0.282 e. The minimum atomic E-state index is 0.635. The van der Waals surface area contributed by atoms with E-state index in [1.165, 1.54) is 0 Å². The minimum absolute atomic E-state index is 0.635. The lowest BCUT2D eigenvalue weighted by Gasteiger charge is -2.16. The fraction of sp³-hybridized carbons (Fsp3) is 0.111. The number of rotatable bonds is 0. The molecule has 3 nitrogen and oxygen atoms in total. The highest BCUT2D eigenvalue weighted by Gasteiger charge is 2.08. The van der Waals surface area contributed by atoms with E-state index in [9.17, 15) is 0 Å². The van der Waals surface area contributed by atoms with E-state index >= 15 is 0 Å². The number of pyridine rings is 1. The summed E-state index contributed by atoms with van der Waals surface area (Å²) in [5.41, 5.74) is 2.25. The molecule has 0 bridgehead atoms. The Hall–Kier alpha value is -1.82. The number of aromatic nitrogens is 1. The number of nitrogens with zero attached hydrogens (tertiary/aromatic N) is 3. The summed E-state index contributed by atoms with van der Waals surface area (Å²) in [5, 5.41) is 8.62. The second-order valence-corrected chi connectivity index (χ2v) is 2.62. The summed E-state index contributed by atoms with van der Waals surface area (Å²) < 4.78 is 0. The van der Waals surface area contributed by atoms with Crippen LogP contribution in [0.4, 0.5) is 0 Å². The van der Waals surface area contributed by atoms with Gasteiger partial charge in [0.05, 0.1) is 6.54 Å². The number of hydrogen-bond acceptors (Lipinski definition) is 3. The topological polar surface area (TPSA) is 39.9 Å². The molecule has 1 aliphatic rings. The number of hydrogen-bond donors (Lipinski definition) is 0. The fourth-order valence-electron chi connectivity index (χ4n) is 1.21. The van der Waals surface area contributed by atoms with Crippen LogP contribution in [0.2, 0.25) is 0 Å². The van der Waals surface area contributed by atoms with Gasteiger partial charge in [0.1, 0.15) is 0 Å². The molecular weight excluding hydrogens is 150 g/mol. The van der Waals surface area contributed by atoms with Gasteiger partial charge in [0.2, 0.25) is 0 Å². The molecule has 1 aromatic heterocycles. The van der Waals surface area contributed by atoms with Gasteiger partial charge >= 0.3 is 0 Å². The van der Waals surface area contributed by atoms with Gasteiger partial charge in [0, 0.05) is 18.6 Å². The van der Waals surface area contributed by atoms with Crippen molar-refractivity contribution in [3.63, 3.8) is 0 Å². The third-order valence-electron chi connectivity index (χ3n) is 1.84. The summed E-state index contributed by atoms with van der Waals surface area (Å²) in [7, 11) is 0. The van der Waals surface area contributed by atoms with Crippen LogP contribution in [0, 0.1) is 11.5 Å². The van der Waals surface area contributed by atoms with Gasteiger partial charge in [-0.15, -0.1) is 0 Å². The highest BCUT2D eigenvalue weighted by Crippen LogP contribution is 2.16. The van der Waals surface area contributed by atoms with Gasteiger partial charge in [-0.05, 0) is 23.3 Å². The average molecular weight is 157 g/mol. The van der Waals surface area contributed by atoms with Crippen molar-refractivity contribution in [3.8, 4) is 6.19 Å². The molecule has 0 N–H and O–H groups in total. The third kappa shape index (κ3) is 1.04. The van der Waals surface area contributed by atoms with Crippen molar-refractivity contribution in [3.05, 3.63) is 35.8 Å². The zero-order valence-corrected chi connectivity index (χ0v) is 6.44. The Bertz CT molecular complexity index is 362. The Labute approximate surface area is 70.6 Å². The van der Waals surface area contributed by atoms with Crippen molar-refractivity contribution in [2.45, 2.75) is 6.54 Å². The second-order valence-electron chi connectivity index (χ2n) is 2.62. The lowest BCUT2D eigenvalue weighted by molar-refractivity contribution is 0.515. The molecule has 0 spiro atoms. The zero-order valence-electron chi connectivity index (χ0n) is 6.44. The van der Waals surface area contributed by atoms with Crippen LogP contribution in [-0.2, 0) is 6.54 Å². The first kappa shape index (κ1) is 6.86. The van der Waals surface area contributed by atoms with Crippen molar-refractivity contribution in [1.82, 2.24) is 9.88 Å². The molecule has 0 radical (unpaired) electrons. The van der Waals surface area contributed by atoms with E-state index in [2.05, 4.69) is 11.2 Å². The summed E-state index contributed by atoms with van der Waals surface area (Å²) in [5.74, 6) is 0. The van der Waals surface area contributed by atoms with Crippen LogP contribution in [0.25, 0.3) is 6.08 Å². The first-order valence-corrected chi connectivity index (χ1v) is 3.67. The Morgan fingerprint density at radius 1 is 1.58 bits per heavy atom. The zero-order chi connectivity index (χ0) is 8.39. The Morgan fingerprint density at radius 3 is 3.33 bits per heavy atom. The Morgan fingerprint density at radius 2 is 2.50 bits per heavy atom. The standard InChI is InChI=1S/C9H7N3/c10-7-12-4-2-8-1-3-11-5-9(8)6-12/h1-5H,6H2. The second kappa shape index (κ2) is 2.67. The highest BCUT2D eigenvalue weighted by molar-refractivity contribution is 5.54. The fourth-order valence-corrected chi connectivity index (χ4v) is 1.21. The van der Waals surface area contributed by atoms with Gasteiger partial charge in [0.25, 0.3) is 0 Å². The smallest absolute Gasteiger partial charge is 0.184 e. The van der Waals surface area contributed by atoms with Gasteiger partial charge in [-0.3, -0.25) is 9.88 Å². The molecule has 0 atom stereocenters. The van der Waals surface area contributed by atoms with Crippen LogP contribution in [0.1, 0.15) is 11.1 Å². The van der Waals surface area contributed by atoms with Crippen LogP contribution in [-0.4, -0.2) is 9.88 Å². The molecule has 2 heterocycles. The maximum Gasteiger partial charge on any atom is 0.184 e. The molecule has 1 aromatic rings. The molecule has 3 heteroatoms. The predicted octanol–water partition coefficient (Wildman–Crippen LogP) is 1.35. The Balaban J connectivity index is 2.41. The van der Waals surface area contributed by atoms with Crippen molar-refractivity contribution >= 4 is 6.08 Å². The van der Waals surface area contributed by atoms with Crippen molar-refractivity contribution in [1.29, 1.82) is 5.26 Å². The molecule has 0 saturated carbocycles. The van der Waals surface area contributed by atoms with E-state index in [0.29, 0.717) is 6.54 Å². The van der Waals surface area contributed by atoms with Crippen LogP contribution in [0.3, 0.4) is 0 Å². The van der Waals surface area contributed by atoms with Crippen LogP contribution >= 0.6 is 0 Å². The largest absolute Gasteiger partial charge is 0.282 e. The molecule has 0 aliphatic carbocycles. The molecule has 0 amide bonds.